The second-order valence-corrected chi connectivity index (χ2v) is 17.5. The maximum atomic E-state index is 14.4. The molecule has 1 N–H and O–H groups in total. The average Bonchev–Trinajstić information content (AvgIpc) is 3.26. The Morgan fingerprint density at radius 3 is 2.28 bits per heavy atom. The minimum atomic E-state index is -0.595. The molecule has 0 aliphatic heterocycles. The molecule has 0 radical (unpaired) electrons. The third-order valence-corrected chi connectivity index (χ3v) is 15.0. The fourth-order valence-electron chi connectivity index (χ4n) is 12.3. The Hall–Kier alpha value is -1.45. The van der Waals surface area contributed by atoms with Gasteiger partial charge in [0, 0.05) is 17.9 Å². The van der Waals surface area contributed by atoms with E-state index in [9.17, 15) is 14.7 Å². The first-order valence-corrected chi connectivity index (χ1v) is 17.7. The number of benzene rings is 1. The Labute approximate surface area is 265 Å². The SMILES string of the molecule is CC(C)C1=C2[C@H]3CC[C@@H]4[C@@]5(C)CC[C@H](O)C(C)(C)[C@@H]5CC[C@@]4(C)[C@]3(C)CC[C@@]2(C(=O)CCCc2ccc(Cl)cc2)CC1=O. The van der Waals surface area contributed by atoms with E-state index in [0.29, 0.717) is 36.4 Å². The molecule has 0 unspecified atom stereocenters. The predicted molar refractivity (Wildman–Crippen MR) is 175 cm³/mol. The summed E-state index contributed by atoms with van der Waals surface area (Å²) in [5.74, 6) is 2.14. The van der Waals surface area contributed by atoms with Crippen LogP contribution in [0.15, 0.2) is 35.4 Å². The Morgan fingerprint density at radius 1 is 0.907 bits per heavy atom. The van der Waals surface area contributed by atoms with Gasteiger partial charge < -0.3 is 5.11 Å². The van der Waals surface area contributed by atoms with Gasteiger partial charge in [0.25, 0.3) is 0 Å². The Bertz CT molecular complexity index is 1320. The molecule has 1 aromatic carbocycles. The summed E-state index contributed by atoms with van der Waals surface area (Å²) in [6.45, 7) is 16.7. The van der Waals surface area contributed by atoms with E-state index in [1.54, 1.807) is 0 Å². The summed E-state index contributed by atoms with van der Waals surface area (Å²) in [7, 11) is 0. The van der Waals surface area contributed by atoms with Crippen LogP contribution in [0.2, 0.25) is 5.02 Å². The number of halogens is 1. The fraction of sp³-hybridized carbons (Fsp3) is 0.744. The highest BCUT2D eigenvalue weighted by Gasteiger charge is 2.70. The summed E-state index contributed by atoms with van der Waals surface area (Å²) in [5, 5.41) is 11.8. The van der Waals surface area contributed by atoms with Crippen LogP contribution >= 0.6 is 11.6 Å². The second-order valence-electron chi connectivity index (χ2n) is 17.1. The molecule has 4 heteroatoms. The fourth-order valence-corrected chi connectivity index (χ4v) is 12.4. The number of allylic oxidation sites excluding steroid dienone is 2. The quantitative estimate of drug-likeness (QED) is 0.351. The lowest BCUT2D eigenvalue weighted by molar-refractivity contribution is -0.228. The molecule has 5 aliphatic rings. The summed E-state index contributed by atoms with van der Waals surface area (Å²) >= 11 is 6.09. The number of fused-ring (bicyclic) bond motifs is 7. The Kier molecular flexibility index (Phi) is 7.73. The number of carbonyl (C=O) groups is 2. The summed E-state index contributed by atoms with van der Waals surface area (Å²) in [5.41, 5.74) is 3.29. The molecular weight excluding hydrogens is 552 g/mol. The topological polar surface area (TPSA) is 54.4 Å². The third kappa shape index (κ3) is 4.44. The van der Waals surface area contributed by atoms with Crippen molar-refractivity contribution in [1.29, 1.82) is 0 Å². The number of aliphatic hydroxyl groups is 1. The number of ketones is 2. The Morgan fingerprint density at radius 2 is 1.60 bits per heavy atom. The van der Waals surface area contributed by atoms with Gasteiger partial charge in [0.15, 0.2) is 5.78 Å². The molecule has 0 amide bonds. The molecule has 0 bridgehead atoms. The highest BCUT2D eigenvalue weighted by atomic mass is 35.5. The van der Waals surface area contributed by atoms with Crippen LogP contribution in [-0.4, -0.2) is 22.8 Å². The maximum Gasteiger partial charge on any atom is 0.160 e. The van der Waals surface area contributed by atoms with E-state index < -0.39 is 5.41 Å². The molecule has 5 aliphatic carbocycles. The standard InChI is InChI=1S/C39H55ClO3/c1-24(2)33-28(41)23-39(32(43)10-8-9-25-11-13-26(40)14-12-25)22-21-37(6)27(34(33)39)15-16-30-36(5)19-18-31(42)35(3,4)29(36)17-20-38(30,37)7/h11-14,24,27,29-31,42H,8-10,15-23H2,1-7H3/t27-,29+,30-,31+,36+,37-,38-,39+/m1/s1. The number of hydrogen-bond donors (Lipinski definition) is 1. The minimum absolute atomic E-state index is 0.0581. The summed E-state index contributed by atoms with van der Waals surface area (Å²) in [4.78, 5) is 28.3. The van der Waals surface area contributed by atoms with E-state index in [-0.39, 0.29) is 39.5 Å². The van der Waals surface area contributed by atoms with E-state index in [1.807, 2.05) is 12.1 Å². The van der Waals surface area contributed by atoms with E-state index in [4.69, 9.17) is 11.6 Å². The first kappa shape index (κ1) is 31.5. The molecule has 43 heavy (non-hydrogen) atoms. The van der Waals surface area contributed by atoms with Crippen LogP contribution in [0, 0.1) is 50.7 Å². The lowest BCUT2D eigenvalue weighted by Gasteiger charge is -2.72. The van der Waals surface area contributed by atoms with E-state index in [1.165, 1.54) is 30.4 Å². The van der Waals surface area contributed by atoms with Gasteiger partial charge >= 0.3 is 0 Å². The number of aliphatic hydroxyl groups excluding tert-OH is 1. The van der Waals surface area contributed by atoms with Crippen molar-refractivity contribution in [3.63, 3.8) is 0 Å². The zero-order chi connectivity index (χ0) is 31.2. The van der Waals surface area contributed by atoms with Gasteiger partial charge in [-0.2, -0.15) is 0 Å². The van der Waals surface area contributed by atoms with Crippen molar-refractivity contribution in [1.82, 2.24) is 0 Å². The third-order valence-electron chi connectivity index (χ3n) is 14.7. The molecule has 0 heterocycles. The van der Waals surface area contributed by atoms with E-state index in [0.717, 1.165) is 55.5 Å². The lowest BCUT2D eigenvalue weighted by Crippen LogP contribution is -2.65. The molecule has 4 saturated carbocycles. The van der Waals surface area contributed by atoms with Gasteiger partial charge in [-0.15, -0.1) is 0 Å². The number of rotatable bonds is 6. The van der Waals surface area contributed by atoms with Gasteiger partial charge in [-0.1, -0.05) is 72.2 Å². The average molecular weight is 607 g/mol. The van der Waals surface area contributed by atoms with Crippen molar-refractivity contribution >= 4 is 23.2 Å². The van der Waals surface area contributed by atoms with Gasteiger partial charge in [0.2, 0.25) is 0 Å². The van der Waals surface area contributed by atoms with Gasteiger partial charge in [-0.05, 0) is 138 Å². The van der Waals surface area contributed by atoms with Crippen molar-refractivity contribution in [2.75, 3.05) is 0 Å². The molecule has 1 aromatic rings. The van der Waals surface area contributed by atoms with Crippen LogP contribution in [-0.2, 0) is 16.0 Å². The summed E-state index contributed by atoms with van der Waals surface area (Å²) in [6.07, 6.45) is 10.8. The predicted octanol–water partition coefficient (Wildman–Crippen LogP) is 9.57. The summed E-state index contributed by atoms with van der Waals surface area (Å²) < 4.78 is 0. The monoisotopic (exact) mass is 606 g/mol. The largest absolute Gasteiger partial charge is 0.393 e. The van der Waals surface area contributed by atoms with Gasteiger partial charge in [-0.3, -0.25) is 9.59 Å². The summed E-state index contributed by atoms with van der Waals surface area (Å²) in [6, 6.07) is 7.96. The highest BCUT2D eigenvalue weighted by molar-refractivity contribution is 6.30. The second kappa shape index (κ2) is 10.5. The van der Waals surface area contributed by atoms with Crippen LogP contribution in [0.5, 0.6) is 0 Å². The number of Topliss-reactive ketones (excluding diaryl/α,β-unsaturated/α-hetero) is 2. The van der Waals surface area contributed by atoms with Crippen molar-refractivity contribution < 1.29 is 14.7 Å². The maximum absolute atomic E-state index is 14.4. The molecule has 0 saturated heterocycles. The number of hydrogen-bond acceptors (Lipinski definition) is 3. The van der Waals surface area contributed by atoms with Crippen LogP contribution in [0.25, 0.3) is 0 Å². The Balaban J connectivity index is 1.33. The van der Waals surface area contributed by atoms with Gasteiger partial charge in [0.05, 0.1) is 11.5 Å². The highest BCUT2D eigenvalue weighted by Crippen LogP contribution is 2.76. The normalized spacial score (nSPS) is 41.9. The first-order valence-electron chi connectivity index (χ1n) is 17.4. The number of aryl methyl sites for hydroxylation is 1. The van der Waals surface area contributed by atoms with Crippen LogP contribution in [0.4, 0.5) is 0 Å². The molecule has 4 fully saturated rings. The van der Waals surface area contributed by atoms with Gasteiger partial charge in [0.1, 0.15) is 5.78 Å². The zero-order valence-corrected chi connectivity index (χ0v) is 28.6. The van der Waals surface area contributed by atoms with Crippen LogP contribution in [0.3, 0.4) is 0 Å². The van der Waals surface area contributed by atoms with Crippen LogP contribution in [0.1, 0.15) is 125 Å². The van der Waals surface area contributed by atoms with Crippen molar-refractivity contribution in [3.8, 4) is 0 Å². The molecule has 0 aromatic heterocycles. The smallest absolute Gasteiger partial charge is 0.160 e. The molecule has 0 spiro atoms. The molecule has 236 valence electrons. The van der Waals surface area contributed by atoms with E-state index in [2.05, 4.69) is 60.6 Å². The van der Waals surface area contributed by atoms with Crippen molar-refractivity contribution in [3.05, 3.63) is 46.0 Å². The van der Waals surface area contributed by atoms with Crippen molar-refractivity contribution in [2.45, 2.75) is 132 Å². The first-order chi connectivity index (χ1) is 20.1. The number of carbonyl (C=O) groups excluding carboxylic acids is 2. The molecule has 3 nitrogen and oxygen atoms in total. The van der Waals surface area contributed by atoms with Gasteiger partial charge in [-0.25, -0.2) is 0 Å². The minimum Gasteiger partial charge on any atom is -0.393 e. The lowest BCUT2D eigenvalue weighted by atomic mass is 9.33. The molecule has 6 rings (SSSR count). The van der Waals surface area contributed by atoms with Crippen molar-refractivity contribution in [2.24, 2.45) is 50.7 Å². The molecule has 8 atom stereocenters. The van der Waals surface area contributed by atoms with Crippen LogP contribution < -0.4 is 0 Å². The zero-order valence-electron chi connectivity index (χ0n) is 27.8. The van der Waals surface area contributed by atoms with E-state index >= 15 is 0 Å². The molecular formula is C39H55ClO3.